The lowest BCUT2D eigenvalue weighted by molar-refractivity contribution is 0.0599. The number of hydrogen-bond acceptors (Lipinski definition) is 5. The lowest BCUT2D eigenvalue weighted by Crippen LogP contribution is -2.05. The maximum atomic E-state index is 12.1. The molecule has 1 aliphatic rings. The van der Waals surface area contributed by atoms with Crippen LogP contribution in [0.2, 0.25) is 0 Å². The molecule has 1 saturated carbocycles. The molecule has 1 aromatic carbocycles. The van der Waals surface area contributed by atoms with Gasteiger partial charge in [0.05, 0.1) is 38.1 Å². The highest BCUT2D eigenvalue weighted by atomic mass is 16.5. The van der Waals surface area contributed by atoms with Crippen LogP contribution in [0.3, 0.4) is 0 Å². The lowest BCUT2D eigenvalue weighted by Gasteiger charge is -2.12. The van der Waals surface area contributed by atoms with Gasteiger partial charge in [0.25, 0.3) is 0 Å². The summed E-state index contributed by atoms with van der Waals surface area (Å²) >= 11 is 0. The number of hydrogen-bond donors (Lipinski definition) is 0. The standard InChI is InChI=1S/C24H25N3O4/c1-14-21(25-27-13-17(24(28)31-4)11-20(30-3)22(14)27)18-10-16-6-5-7-19(29-2)23(16)26(18)12-15-8-9-15/h5-7,10-11,13,15H,8-9,12H2,1-4H3. The topological polar surface area (TPSA) is 67.0 Å². The average molecular weight is 419 g/mol. The number of pyridine rings is 1. The number of carbonyl (C=O) groups is 1. The SMILES string of the molecule is COC(=O)c1cc(OC)c2c(C)c(-c3cc4cccc(OC)c4n3CC3CC3)nn2c1. The zero-order chi connectivity index (χ0) is 21.7. The smallest absolute Gasteiger partial charge is 0.339 e. The van der Waals surface area contributed by atoms with Gasteiger partial charge in [-0.15, -0.1) is 0 Å². The molecule has 1 aliphatic carbocycles. The van der Waals surface area contributed by atoms with Crippen LogP contribution in [-0.2, 0) is 11.3 Å². The molecule has 0 spiro atoms. The van der Waals surface area contributed by atoms with Crippen molar-refractivity contribution in [3.8, 4) is 22.9 Å². The minimum atomic E-state index is -0.428. The summed E-state index contributed by atoms with van der Waals surface area (Å²) in [5.74, 6) is 1.69. The number of benzene rings is 1. The number of methoxy groups -OCH3 is 3. The van der Waals surface area contributed by atoms with Gasteiger partial charge in [0, 0.05) is 23.7 Å². The molecule has 7 nitrogen and oxygen atoms in total. The minimum absolute atomic E-state index is 0.390. The number of aromatic nitrogens is 3. The van der Waals surface area contributed by atoms with Crippen LogP contribution in [0.15, 0.2) is 36.5 Å². The lowest BCUT2D eigenvalue weighted by atomic mass is 10.1. The Hall–Kier alpha value is -3.48. The largest absolute Gasteiger partial charge is 0.495 e. The number of carbonyl (C=O) groups excluding carboxylic acids is 1. The molecular weight excluding hydrogens is 394 g/mol. The van der Waals surface area contributed by atoms with Gasteiger partial charge in [0.1, 0.15) is 22.7 Å². The first kappa shape index (κ1) is 19.5. The van der Waals surface area contributed by atoms with Crippen molar-refractivity contribution in [2.75, 3.05) is 21.3 Å². The van der Waals surface area contributed by atoms with Crippen LogP contribution in [0.5, 0.6) is 11.5 Å². The molecule has 4 aromatic rings. The molecule has 31 heavy (non-hydrogen) atoms. The molecule has 0 radical (unpaired) electrons. The summed E-state index contributed by atoms with van der Waals surface area (Å²) in [4.78, 5) is 12.1. The molecule has 0 aliphatic heterocycles. The van der Waals surface area contributed by atoms with Gasteiger partial charge < -0.3 is 18.8 Å². The predicted molar refractivity (Wildman–Crippen MR) is 118 cm³/mol. The second-order valence-electron chi connectivity index (χ2n) is 8.04. The van der Waals surface area contributed by atoms with E-state index in [0.717, 1.165) is 45.7 Å². The van der Waals surface area contributed by atoms with E-state index >= 15 is 0 Å². The Balaban J connectivity index is 1.77. The molecule has 160 valence electrons. The van der Waals surface area contributed by atoms with Crippen LogP contribution < -0.4 is 9.47 Å². The van der Waals surface area contributed by atoms with Crippen LogP contribution in [0, 0.1) is 12.8 Å². The molecule has 0 amide bonds. The van der Waals surface area contributed by atoms with Crippen LogP contribution in [0.4, 0.5) is 0 Å². The summed E-state index contributed by atoms with van der Waals surface area (Å²) in [6.45, 7) is 2.96. The molecule has 7 heteroatoms. The van der Waals surface area contributed by atoms with Gasteiger partial charge in [-0.2, -0.15) is 5.10 Å². The van der Waals surface area contributed by atoms with Crippen LogP contribution in [0.1, 0.15) is 28.8 Å². The summed E-state index contributed by atoms with van der Waals surface area (Å²) in [5, 5.41) is 5.99. The normalized spacial score (nSPS) is 13.7. The number of esters is 1. The fourth-order valence-corrected chi connectivity index (χ4v) is 4.31. The fourth-order valence-electron chi connectivity index (χ4n) is 4.31. The van der Waals surface area contributed by atoms with Crippen LogP contribution >= 0.6 is 0 Å². The highest BCUT2D eigenvalue weighted by Crippen LogP contribution is 2.40. The second-order valence-corrected chi connectivity index (χ2v) is 8.04. The number of ether oxygens (including phenoxy) is 3. The Morgan fingerprint density at radius 1 is 1.10 bits per heavy atom. The summed E-state index contributed by atoms with van der Waals surface area (Å²) in [6, 6.07) is 9.98. The molecule has 1 fully saturated rings. The zero-order valence-corrected chi connectivity index (χ0v) is 18.1. The van der Waals surface area contributed by atoms with Crippen molar-refractivity contribution in [3.05, 3.63) is 47.7 Å². The van der Waals surface area contributed by atoms with E-state index in [2.05, 4.69) is 16.7 Å². The van der Waals surface area contributed by atoms with Crippen molar-refractivity contribution in [2.45, 2.75) is 26.3 Å². The van der Waals surface area contributed by atoms with E-state index < -0.39 is 5.97 Å². The van der Waals surface area contributed by atoms with E-state index in [1.165, 1.54) is 20.0 Å². The zero-order valence-electron chi connectivity index (χ0n) is 18.1. The molecular formula is C24H25N3O4. The Morgan fingerprint density at radius 2 is 1.87 bits per heavy atom. The summed E-state index contributed by atoms with van der Waals surface area (Å²) < 4.78 is 20.2. The molecule has 3 aromatic heterocycles. The van der Waals surface area contributed by atoms with Crippen molar-refractivity contribution in [1.29, 1.82) is 0 Å². The maximum absolute atomic E-state index is 12.1. The van der Waals surface area contributed by atoms with Gasteiger partial charge in [-0.25, -0.2) is 9.31 Å². The van der Waals surface area contributed by atoms with Gasteiger partial charge in [-0.3, -0.25) is 0 Å². The van der Waals surface area contributed by atoms with Crippen LogP contribution in [0.25, 0.3) is 27.8 Å². The second kappa shape index (κ2) is 7.34. The van der Waals surface area contributed by atoms with Crippen molar-refractivity contribution < 1.29 is 19.0 Å². The maximum Gasteiger partial charge on any atom is 0.339 e. The van der Waals surface area contributed by atoms with Gasteiger partial charge in [0.2, 0.25) is 0 Å². The first-order chi connectivity index (χ1) is 15.0. The minimum Gasteiger partial charge on any atom is -0.495 e. The number of para-hydroxylation sites is 1. The molecule has 0 bridgehead atoms. The van der Waals surface area contributed by atoms with Crippen LogP contribution in [-0.4, -0.2) is 41.5 Å². The Bertz CT molecular complexity index is 1310. The van der Waals surface area contributed by atoms with Crippen molar-refractivity contribution in [2.24, 2.45) is 5.92 Å². The average Bonchev–Trinajstić information content (AvgIpc) is 3.46. The quantitative estimate of drug-likeness (QED) is 0.431. The number of fused-ring (bicyclic) bond motifs is 2. The van der Waals surface area contributed by atoms with E-state index in [-0.39, 0.29) is 0 Å². The van der Waals surface area contributed by atoms with Gasteiger partial charge in [-0.1, -0.05) is 12.1 Å². The molecule has 0 atom stereocenters. The van der Waals surface area contributed by atoms with E-state index in [4.69, 9.17) is 19.3 Å². The van der Waals surface area contributed by atoms with E-state index in [1.54, 1.807) is 31.0 Å². The first-order valence-corrected chi connectivity index (χ1v) is 10.4. The van der Waals surface area contributed by atoms with Crippen molar-refractivity contribution in [3.63, 3.8) is 0 Å². The molecule has 5 rings (SSSR count). The van der Waals surface area contributed by atoms with Crippen molar-refractivity contribution in [1.82, 2.24) is 14.2 Å². The van der Waals surface area contributed by atoms with Gasteiger partial charge >= 0.3 is 5.97 Å². The number of nitrogens with zero attached hydrogens (tertiary/aromatic N) is 3. The first-order valence-electron chi connectivity index (χ1n) is 10.4. The van der Waals surface area contributed by atoms with Crippen molar-refractivity contribution >= 4 is 22.4 Å². The monoisotopic (exact) mass is 419 g/mol. The molecule has 0 saturated heterocycles. The third kappa shape index (κ3) is 3.12. The van der Waals surface area contributed by atoms with E-state index in [9.17, 15) is 4.79 Å². The Kier molecular flexibility index (Phi) is 4.61. The van der Waals surface area contributed by atoms with Gasteiger partial charge in [0.15, 0.2) is 0 Å². The van der Waals surface area contributed by atoms with E-state index in [1.807, 2.05) is 19.1 Å². The fraction of sp³-hybridized carbons (Fsp3) is 0.333. The third-order valence-corrected chi connectivity index (χ3v) is 6.05. The number of aryl methyl sites for hydroxylation is 1. The summed E-state index contributed by atoms with van der Waals surface area (Å²) in [6.07, 6.45) is 4.18. The summed E-state index contributed by atoms with van der Waals surface area (Å²) in [7, 11) is 4.66. The summed E-state index contributed by atoms with van der Waals surface area (Å²) in [5.41, 5.74) is 5.20. The predicted octanol–water partition coefficient (Wildman–Crippen LogP) is 4.48. The van der Waals surface area contributed by atoms with E-state index in [0.29, 0.717) is 17.2 Å². The van der Waals surface area contributed by atoms with Gasteiger partial charge in [-0.05, 0) is 43.9 Å². The highest BCUT2D eigenvalue weighted by Gasteiger charge is 2.27. The Morgan fingerprint density at radius 3 is 2.55 bits per heavy atom. The Labute approximate surface area is 180 Å². The molecule has 0 N–H and O–H groups in total. The molecule has 3 heterocycles. The third-order valence-electron chi connectivity index (χ3n) is 6.05. The molecule has 0 unspecified atom stereocenters. The highest BCUT2D eigenvalue weighted by molar-refractivity contribution is 5.93. The number of rotatable bonds is 6.